The van der Waals surface area contributed by atoms with Crippen LogP contribution in [0.4, 0.5) is 13.2 Å². The van der Waals surface area contributed by atoms with E-state index in [0.29, 0.717) is 6.54 Å². The first-order valence-corrected chi connectivity index (χ1v) is 5.40. The van der Waals surface area contributed by atoms with Crippen LogP contribution in [0.2, 0.25) is 0 Å². The number of hydrogen-bond acceptors (Lipinski definition) is 3. The molecule has 0 radical (unpaired) electrons. The van der Waals surface area contributed by atoms with Gasteiger partial charge in [-0.15, -0.1) is 0 Å². The van der Waals surface area contributed by atoms with E-state index in [9.17, 15) is 13.2 Å². The van der Waals surface area contributed by atoms with Crippen LogP contribution in [-0.2, 0) is 0 Å². The van der Waals surface area contributed by atoms with E-state index >= 15 is 0 Å². The largest absolute Gasteiger partial charge is 0.404 e. The fourth-order valence-corrected chi connectivity index (χ4v) is 1.58. The van der Waals surface area contributed by atoms with E-state index in [4.69, 9.17) is 5.73 Å². The van der Waals surface area contributed by atoms with E-state index in [1.165, 1.54) is 11.9 Å². The molecule has 0 aromatic carbocycles. The van der Waals surface area contributed by atoms with Gasteiger partial charge in [0.25, 0.3) is 0 Å². The molecule has 0 saturated heterocycles. The molecule has 1 atom stereocenters. The van der Waals surface area contributed by atoms with E-state index in [-0.39, 0.29) is 13.0 Å². The number of alkyl halides is 3. The molecule has 6 heteroatoms. The quantitative estimate of drug-likeness (QED) is 0.725. The summed E-state index contributed by atoms with van der Waals surface area (Å²) < 4.78 is 37.9. The molecule has 0 aromatic rings. The summed E-state index contributed by atoms with van der Waals surface area (Å²) in [5.41, 5.74) is 5.21. The molecule has 3 nitrogen and oxygen atoms in total. The van der Waals surface area contributed by atoms with Gasteiger partial charge in [0.05, 0.1) is 0 Å². The molecule has 0 saturated carbocycles. The Balaban J connectivity index is 4.12. The van der Waals surface area contributed by atoms with Gasteiger partial charge in [0, 0.05) is 0 Å². The van der Waals surface area contributed by atoms with Gasteiger partial charge in [-0.05, 0) is 53.6 Å². The number of nitrogens with zero attached hydrogens (tertiary/aromatic N) is 2. The second kappa shape index (κ2) is 7.09. The van der Waals surface area contributed by atoms with Crippen molar-refractivity contribution >= 4 is 0 Å². The van der Waals surface area contributed by atoms with Crippen molar-refractivity contribution in [2.45, 2.75) is 25.1 Å². The Hall–Kier alpha value is -0.330. The molecule has 0 aliphatic heterocycles. The zero-order chi connectivity index (χ0) is 12.8. The van der Waals surface area contributed by atoms with Crippen LogP contribution in [0, 0.1) is 0 Å². The van der Waals surface area contributed by atoms with E-state index in [1.54, 1.807) is 0 Å². The molecule has 0 spiro atoms. The normalized spacial score (nSPS) is 14.8. The Bertz CT molecular complexity index is 183. The van der Waals surface area contributed by atoms with Gasteiger partial charge >= 0.3 is 6.18 Å². The van der Waals surface area contributed by atoms with Crippen LogP contribution in [0.5, 0.6) is 0 Å². The van der Waals surface area contributed by atoms with Gasteiger partial charge in [0.1, 0.15) is 6.04 Å². The number of rotatable bonds is 7. The van der Waals surface area contributed by atoms with Gasteiger partial charge < -0.3 is 10.6 Å². The molecule has 0 rings (SSSR count). The lowest BCUT2D eigenvalue weighted by Crippen LogP contribution is -2.45. The maximum atomic E-state index is 12.6. The highest BCUT2D eigenvalue weighted by molar-refractivity contribution is 4.77. The van der Waals surface area contributed by atoms with E-state index in [2.05, 4.69) is 0 Å². The predicted octanol–water partition coefficient (Wildman–Crippen LogP) is 1.15. The van der Waals surface area contributed by atoms with Crippen LogP contribution in [0.25, 0.3) is 0 Å². The zero-order valence-electron chi connectivity index (χ0n) is 10.2. The molecule has 0 aliphatic carbocycles. The van der Waals surface area contributed by atoms with Crippen LogP contribution in [-0.4, -0.2) is 62.8 Å². The summed E-state index contributed by atoms with van der Waals surface area (Å²) in [5, 5.41) is 0. The third kappa shape index (κ3) is 6.30. The summed E-state index contributed by atoms with van der Waals surface area (Å²) in [6.45, 7) is 1.28. The Kier molecular flexibility index (Phi) is 6.94. The van der Waals surface area contributed by atoms with Crippen LogP contribution in [0.15, 0.2) is 0 Å². The molecule has 2 N–H and O–H groups in total. The van der Waals surface area contributed by atoms with Crippen molar-refractivity contribution in [1.29, 1.82) is 0 Å². The molecular weight excluding hydrogens is 219 g/mol. The topological polar surface area (TPSA) is 32.5 Å². The molecule has 0 fully saturated rings. The van der Waals surface area contributed by atoms with Gasteiger partial charge in [-0.1, -0.05) is 0 Å². The fraction of sp³-hybridized carbons (Fsp3) is 1.00. The van der Waals surface area contributed by atoms with Crippen molar-refractivity contribution in [2.75, 3.05) is 40.8 Å². The molecule has 0 aliphatic rings. The van der Waals surface area contributed by atoms with Gasteiger partial charge in [0.15, 0.2) is 0 Å². The summed E-state index contributed by atoms with van der Waals surface area (Å²) in [4.78, 5) is 3.30. The summed E-state index contributed by atoms with van der Waals surface area (Å²) >= 11 is 0. The first kappa shape index (κ1) is 15.7. The summed E-state index contributed by atoms with van der Waals surface area (Å²) in [7, 11) is 5.31. The second-order valence-electron chi connectivity index (χ2n) is 4.27. The minimum atomic E-state index is -4.19. The predicted molar refractivity (Wildman–Crippen MR) is 59.3 cm³/mol. The van der Waals surface area contributed by atoms with Crippen molar-refractivity contribution < 1.29 is 13.2 Å². The number of hydrogen-bond donors (Lipinski definition) is 1. The lowest BCUT2D eigenvalue weighted by atomic mass is 10.1. The molecule has 16 heavy (non-hydrogen) atoms. The summed E-state index contributed by atoms with van der Waals surface area (Å²) in [6.07, 6.45) is -3.51. The first-order valence-electron chi connectivity index (χ1n) is 5.40. The van der Waals surface area contributed by atoms with Crippen molar-refractivity contribution in [3.8, 4) is 0 Å². The Morgan fingerprint density at radius 2 is 1.69 bits per heavy atom. The average molecular weight is 241 g/mol. The zero-order valence-corrected chi connectivity index (χ0v) is 10.2. The maximum absolute atomic E-state index is 12.6. The highest BCUT2D eigenvalue weighted by atomic mass is 19.4. The standard InChI is InChI=1S/C10H22F3N3/c1-15(2)7-4-8-16(3)9(5-6-14)10(11,12)13/h9H,4-8,14H2,1-3H3. The second-order valence-corrected chi connectivity index (χ2v) is 4.27. The van der Waals surface area contributed by atoms with Gasteiger partial charge in [-0.2, -0.15) is 13.2 Å². The number of nitrogens with two attached hydrogens (primary N) is 1. The lowest BCUT2D eigenvalue weighted by Gasteiger charge is -2.29. The Morgan fingerprint density at radius 3 is 2.06 bits per heavy atom. The van der Waals surface area contributed by atoms with Crippen molar-refractivity contribution in [3.05, 3.63) is 0 Å². The van der Waals surface area contributed by atoms with Crippen LogP contribution >= 0.6 is 0 Å². The molecular formula is C10H22F3N3. The first-order chi connectivity index (χ1) is 7.29. The molecule has 0 amide bonds. The SMILES string of the molecule is CN(C)CCCN(C)C(CCN)C(F)(F)F. The fourth-order valence-electron chi connectivity index (χ4n) is 1.58. The van der Waals surface area contributed by atoms with Crippen molar-refractivity contribution in [2.24, 2.45) is 5.73 Å². The Morgan fingerprint density at radius 1 is 1.12 bits per heavy atom. The summed E-state index contributed by atoms with van der Waals surface area (Å²) in [6, 6.07) is -1.42. The lowest BCUT2D eigenvalue weighted by molar-refractivity contribution is -0.181. The molecule has 1 unspecified atom stereocenters. The summed E-state index contributed by atoms with van der Waals surface area (Å²) in [5.74, 6) is 0. The molecule has 0 aromatic heterocycles. The average Bonchev–Trinajstić information content (AvgIpc) is 2.11. The maximum Gasteiger partial charge on any atom is 0.404 e. The monoisotopic (exact) mass is 241 g/mol. The molecule has 0 bridgehead atoms. The van der Waals surface area contributed by atoms with Crippen molar-refractivity contribution in [3.63, 3.8) is 0 Å². The van der Waals surface area contributed by atoms with Gasteiger partial charge in [0.2, 0.25) is 0 Å². The van der Waals surface area contributed by atoms with Gasteiger partial charge in [-0.25, -0.2) is 0 Å². The molecule has 98 valence electrons. The van der Waals surface area contributed by atoms with Crippen LogP contribution < -0.4 is 5.73 Å². The van der Waals surface area contributed by atoms with E-state index in [1.807, 2.05) is 19.0 Å². The third-order valence-electron chi connectivity index (χ3n) is 2.47. The Labute approximate surface area is 95.4 Å². The smallest absolute Gasteiger partial charge is 0.330 e. The van der Waals surface area contributed by atoms with E-state index in [0.717, 1.165) is 13.0 Å². The van der Waals surface area contributed by atoms with Crippen LogP contribution in [0.1, 0.15) is 12.8 Å². The van der Waals surface area contributed by atoms with E-state index < -0.39 is 12.2 Å². The van der Waals surface area contributed by atoms with Crippen LogP contribution in [0.3, 0.4) is 0 Å². The highest BCUT2D eigenvalue weighted by Gasteiger charge is 2.41. The third-order valence-corrected chi connectivity index (χ3v) is 2.47. The number of halogens is 3. The minimum Gasteiger partial charge on any atom is -0.330 e. The van der Waals surface area contributed by atoms with Gasteiger partial charge in [-0.3, -0.25) is 4.90 Å². The molecule has 0 heterocycles. The minimum absolute atomic E-state index is 0.0397. The van der Waals surface area contributed by atoms with Crippen molar-refractivity contribution in [1.82, 2.24) is 9.80 Å². The highest BCUT2D eigenvalue weighted by Crippen LogP contribution is 2.26.